The maximum Gasteiger partial charge on any atom is 0.171 e. The lowest BCUT2D eigenvalue weighted by molar-refractivity contribution is 0.591. The third-order valence-electron chi connectivity index (χ3n) is 1.75. The van der Waals surface area contributed by atoms with Gasteiger partial charge in [-0.15, -0.1) is 0 Å². The van der Waals surface area contributed by atoms with Gasteiger partial charge < -0.3 is 10.6 Å². The van der Waals surface area contributed by atoms with E-state index in [-0.39, 0.29) is 10.8 Å². The Morgan fingerprint density at radius 2 is 1.94 bits per heavy atom. The molecule has 0 radical (unpaired) electrons. The van der Waals surface area contributed by atoms with Gasteiger partial charge in [0.1, 0.15) is 17.3 Å². The van der Waals surface area contributed by atoms with Gasteiger partial charge in [0.2, 0.25) is 0 Å². The van der Waals surface area contributed by atoms with Gasteiger partial charge in [-0.1, -0.05) is 18.2 Å². The summed E-state index contributed by atoms with van der Waals surface area (Å²) in [5, 5.41) is 5.39. The molecular weight excluding hydrogens is 230 g/mol. The zero-order chi connectivity index (χ0) is 12.1. The summed E-state index contributed by atoms with van der Waals surface area (Å²) < 4.78 is 26.4. The van der Waals surface area contributed by atoms with Crippen LogP contribution in [0.1, 0.15) is 6.92 Å². The Balaban J connectivity index is 2.66. The molecule has 2 nitrogen and oxygen atoms in total. The normalized spacial score (nSPS) is 9.69. The summed E-state index contributed by atoms with van der Waals surface area (Å²) in [7, 11) is 0. The van der Waals surface area contributed by atoms with Crippen molar-refractivity contribution in [3.63, 3.8) is 0 Å². The van der Waals surface area contributed by atoms with E-state index in [1.54, 1.807) is 0 Å². The van der Waals surface area contributed by atoms with Crippen LogP contribution in [-0.2, 0) is 0 Å². The van der Waals surface area contributed by atoms with Crippen molar-refractivity contribution < 1.29 is 8.78 Å². The largest absolute Gasteiger partial charge is 0.359 e. The molecule has 0 atom stereocenters. The summed E-state index contributed by atoms with van der Waals surface area (Å²) in [6, 6.07) is 3.61. The SMILES string of the molecule is C=C(C)CNC(=S)Nc1c(F)cccc1F. The minimum Gasteiger partial charge on any atom is -0.359 e. The van der Waals surface area contributed by atoms with Crippen LogP contribution in [0.25, 0.3) is 0 Å². The van der Waals surface area contributed by atoms with E-state index in [0.717, 1.165) is 17.7 Å². The standard InChI is InChI=1S/C11H12F2N2S/c1-7(2)6-14-11(16)15-10-8(12)4-3-5-9(10)13/h3-5H,1,6H2,2H3,(H2,14,15,16). The second kappa shape index (κ2) is 5.55. The summed E-state index contributed by atoms with van der Waals surface area (Å²) in [6.07, 6.45) is 0. The molecule has 5 heteroatoms. The number of rotatable bonds is 3. The van der Waals surface area contributed by atoms with Crippen LogP contribution >= 0.6 is 12.2 Å². The maximum atomic E-state index is 13.2. The van der Waals surface area contributed by atoms with Crippen molar-refractivity contribution in [3.8, 4) is 0 Å². The van der Waals surface area contributed by atoms with Crippen LogP contribution in [0, 0.1) is 11.6 Å². The molecule has 16 heavy (non-hydrogen) atoms. The molecule has 0 aliphatic carbocycles. The molecule has 0 aliphatic rings. The fourth-order valence-electron chi connectivity index (χ4n) is 1.01. The number of hydrogen-bond donors (Lipinski definition) is 2. The highest BCUT2D eigenvalue weighted by Gasteiger charge is 2.08. The van der Waals surface area contributed by atoms with Crippen molar-refractivity contribution in [2.24, 2.45) is 0 Å². The van der Waals surface area contributed by atoms with E-state index in [1.807, 2.05) is 6.92 Å². The lowest BCUT2D eigenvalue weighted by Gasteiger charge is -2.11. The first-order chi connectivity index (χ1) is 7.50. The van der Waals surface area contributed by atoms with Gasteiger partial charge >= 0.3 is 0 Å². The van der Waals surface area contributed by atoms with Crippen molar-refractivity contribution in [1.29, 1.82) is 0 Å². The fourth-order valence-corrected chi connectivity index (χ4v) is 1.18. The van der Waals surface area contributed by atoms with Crippen molar-refractivity contribution in [1.82, 2.24) is 5.32 Å². The van der Waals surface area contributed by atoms with Crippen LogP contribution in [0.15, 0.2) is 30.4 Å². The van der Waals surface area contributed by atoms with Crippen molar-refractivity contribution in [2.45, 2.75) is 6.92 Å². The number of thiocarbonyl (C=S) groups is 1. The highest BCUT2D eigenvalue weighted by molar-refractivity contribution is 7.80. The second-order valence-corrected chi connectivity index (χ2v) is 3.77. The minimum absolute atomic E-state index is 0.159. The summed E-state index contributed by atoms with van der Waals surface area (Å²) in [5.74, 6) is -1.36. The molecule has 86 valence electrons. The van der Waals surface area contributed by atoms with Gasteiger partial charge in [-0.25, -0.2) is 8.78 Å². The minimum atomic E-state index is -0.681. The van der Waals surface area contributed by atoms with E-state index in [0.29, 0.717) is 6.54 Å². The summed E-state index contributed by atoms with van der Waals surface area (Å²) in [6.45, 7) is 5.95. The zero-order valence-electron chi connectivity index (χ0n) is 8.81. The number of benzene rings is 1. The van der Waals surface area contributed by atoms with E-state index in [4.69, 9.17) is 12.2 Å². The van der Waals surface area contributed by atoms with E-state index in [9.17, 15) is 8.78 Å². The Morgan fingerprint density at radius 3 is 2.44 bits per heavy atom. The van der Waals surface area contributed by atoms with Gasteiger partial charge in [0.25, 0.3) is 0 Å². The van der Waals surface area contributed by atoms with E-state index in [2.05, 4.69) is 17.2 Å². The molecule has 0 unspecified atom stereocenters. The topological polar surface area (TPSA) is 24.1 Å². The lowest BCUT2D eigenvalue weighted by atomic mass is 10.3. The molecule has 0 heterocycles. The summed E-state index contributed by atoms with van der Waals surface area (Å²) in [4.78, 5) is 0. The third-order valence-corrected chi connectivity index (χ3v) is 2.00. The number of halogens is 2. The highest BCUT2D eigenvalue weighted by Crippen LogP contribution is 2.17. The number of hydrogen-bond acceptors (Lipinski definition) is 1. The van der Waals surface area contributed by atoms with Crippen LogP contribution in [0.3, 0.4) is 0 Å². The van der Waals surface area contributed by atoms with E-state index in [1.165, 1.54) is 6.07 Å². The smallest absolute Gasteiger partial charge is 0.171 e. The third kappa shape index (κ3) is 3.58. The van der Waals surface area contributed by atoms with Crippen LogP contribution < -0.4 is 10.6 Å². The quantitative estimate of drug-likeness (QED) is 0.629. The second-order valence-electron chi connectivity index (χ2n) is 3.36. The molecule has 0 saturated heterocycles. The molecule has 1 aromatic carbocycles. The Morgan fingerprint density at radius 1 is 1.38 bits per heavy atom. The van der Waals surface area contributed by atoms with Gasteiger partial charge in [-0.3, -0.25) is 0 Å². The van der Waals surface area contributed by atoms with Crippen LogP contribution in [0.5, 0.6) is 0 Å². The summed E-state index contributed by atoms with van der Waals surface area (Å²) in [5.41, 5.74) is 0.625. The monoisotopic (exact) mass is 242 g/mol. The van der Waals surface area contributed by atoms with Crippen molar-refractivity contribution in [3.05, 3.63) is 42.0 Å². The first kappa shape index (κ1) is 12.6. The Bertz CT molecular complexity index is 398. The van der Waals surface area contributed by atoms with Gasteiger partial charge in [0.15, 0.2) is 5.11 Å². The Hall–Kier alpha value is -1.49. The molecule has 0 aliphatic heterocycles. The van der Waals surface area contributed by atoms with Crippen LogP contribution in [0.4, 0.5) is 14.5 Å². The molecular formula is C11H12F2N2S. The van der Waals surface area contributed by atoms with Crippen molar-refractivity contribution in [2.75, 3.05) is 11.9 Å². The van der Waals surface area contributed by atoms with Crippen LogP contribution in [0.2, 0.25) is 0 Å². The number of nitrogens with one attached hydrogen (secondary N) is 2. The maximum absolute atomic E-state index is 13.2. The van der Waals surface area contributed by atoms with Gasteiger partial charge in [0, 0.05) is 6.54 Å². The van der Waals surface area contributed by atoms with Gasteiger partial charge in [-0.05, 0) is 31.3 Å². The van der Waals surface area contributed by atoms with Gasteiger partial charge in [-0.2, -0.15) is 0 Å². The molecule has 0 spiro atoms. The van der Waals surface area contributed by atoms with E-state index < -0.39 is 11.6 Å². The lowest BCUT2D eigenvalue weighted by Crippen LogP contribution is -2.30. The average Bonchev–Trinajstić information content (AvgIpc) is 2.21. The van der Waals surface area contributed by atoms with Gasteiger partial charge in [0.05, 0.1) is 0 Å². The number of para-hydroxylation sites is 1. The van der Waals surface area contributed by atoms with E-state index >= 15 is 0 Å². The molecule has 0 amide bonds. The molecule has 1 aromatic rings. The Labute approximate surface area is 98.4 Å². The predicted molar refractivity (Wildman–Crippen MR) is 65.4 cm³/mol. The number of anilines is 1. The fraction of sp³-hybridized carbons (Fsp3) is 0.182. The predicted octanol–water partition coefficient (Wildman–Crippen LogP) is 2.83. The molecule has 0 fully saturated rings. The molecule has 0 bridgehead atoms. The summed E-state index contributed by atoms with van der Waals surface area (Å²) >= 11 is 4.88. The molecule has 0 saturated carbocycles. The average molecular weight is 242 g/mol. The van der Waals surface area contributed by atoms with Crippen molar-refractivity contribution >= 4 is 23.0 Å². The first-order valence-electron chi connectivity index (χ1n) is 4.64. The first-order valence-corrected chi connectivity index (χ1v) is 5.05. The molecule has 1 rings (SSSR count). The molecule has 2 N–H and O–H groups in total. The highest BCUT2D eigenvalue weighted by atomic mass is 32.1. The zero-order valence-corrected chi connectivity index (χ0v) is 9.63. The van der Waals surface area contributed by atoms with Crippen LogP contribution in [-0.4, -0.2) is 11.7 Å². The molecule has 0 aromatic heterocycles. The Kier molecular flexibility index (Phi) is 4.37.